The summed E-state index contributed by atoms with van der Waals surface area (Å²) in [5, 5.41) is 8.75. The van der Waals surface area contributed by atoms with Crippen LogP contribution in [0.3, 0.4) is 0 Å². The molecule has 0 saturated carbocycles. The highest BCUT2D eigenvalue weighted by Crippen LogP contribution is 2.12. The Morgan fingerprint density at radius 1 is 1.64 bits per heavy atom. The minimum atomic E-state index is -0.948. The van der Waals surface area contributed by atoms with Crippen molar-refractivity contribution < 1.29 is 14.6 Å². The highest BCUT2D eigenvalue weighted by Gasteiger charge is 2.08. The average Bonchev–Trinajstić information content (AvgIpc) is 2.18. The zero-order valence-electron chi connectivity index (χ0n) is 7.93. The molecule has 0 fully saturated rings. The van der Waals surface area contributed by atoms with Crippen LogP contribution in [-0.4, -0.2) is 24.8 Å². The molecule has 0 amide bonds. The fraction of sp³-hybridized carbons (Fsp3) is 0.300. The third kappa shape index (κ3) is 2.55. The molecule has 0 aliphatic rings. The Bertz CT molecular complexity index is 325. The SMILES string of the molecule is COCC(N)c1cccc(C(=O)O)c1. The molecule has 0 saturated heterocycles. The quantitative estimate of drug-likeness (QED) is 0.752. The van der Waals surface area contributed by atoms with Crippen molar-refractivity contribution in [3.8, 4) is 0 Å². The molecule has 0 heterocycles. The second-order valence-electron chi connectivity index (χ2n) is 2.99. The largest absolute Gasteiger partial charge is 0.478 e. The fourth-order valence-electron chi connectivity index (χ4n) is 1.18. The average molecular weight is 195 g/mol. The van der Waals surface area contributed by atoms with E-state index in [1.54, 1.807) is 25.3 Å². The highest BCUT2D eigenvalue weighted by molar-refractivity contribution is 5.87. The minimum absolute atomic E-state index is 0.244. The van der Waals surface area contributed by atoms with Gasteiger partial charge in [0.1, 0.15) is 0 Å². The van der Waals surface area contributed by atoms with Crippen LogP contribution in [0.4, 0.5) is 0 Å². The molecule has 1 aromatic rings. The number of hydrogen-bond donors (Lipinski definition) is 2. The molecule has 0 spiro atoms. The Kier molecular flexibility index (Phi) is 3.62. The van der Waals surface area contributed by atoms with Gasteiger partial charge in [-0.3, -0.25) is 0 Å². The van der Waals surface area contributed by atoms with Crippen LogP contribution in [0.5, 0.6) is 0 Å². The molecule has 1 unspecified atom stereocenters. The molecule has 0 aliphatic heterocycles. The number of aromatic carboxylic acids is 1. The van der Waals surface area contributed by atoms with Crippen molar-refractivity contribution in [1.82, 2.24) is 0 Å². The van der Waals surface area contributed by atoms with Gasteiger partial charge in [0, 0.05) is 7.11 Å². The fourth-order valence-corrected chi connectivity index (χ4v) is 1.18. The zero-order valence-corrected chi connectivity index (χ0v) is 7.93. The molecule has 4 heteroatoms. The van der Waals surface area contributed by atoms with Crippen molar-refractivity contribution in [3.05, 3.63) is 35.4 Å². The minimum Gasteiger partial charge on any atom is -0.478 e. The molecule has 1 rings (SSSR count). The smallest absolute Gasteiger partial charge is 0.335 e. The molecular weight excluding hydrogens is 182 g/mol. The van der Waals surface area contributed by atoms with Gasteiger partial charge in [-0.15, -0.1) is 0 Å². The van der Waals surface area contributed by atoms with Crippen molar-refractivity contribution >= 4 is 5.97 Å². The predicted molar refractivity (Wildman–Crippen MR) is 52.2 cm³/mol. The van der Waals surface area contributed by atoms with Gasteiger partial charge in [-0.25, -0.2) is 4.79 Å². The molecule has 0 aromatic heterocycles. The summed E-state index contributed by atoms with van der Waals surface area (Å²) in [5.74, 6) is -0.948. The molecule has 0 radical (unpaired) electrons. The number of carboxylic acids is 1. The predicted octanol–water partition coefficient (Wildman–Crippen LogP) is 1.03. The van der Waals surface area contributed by atoms with Crippen LogP contribution in [0.15, 0.2) is 24.3 Å². The van der Waals surface area contributed by atoms with E-state index in [2.05, 4.69) is 0 Å². The molecule has 3 N–H and O–H groups in total. The molecule has 0 bridgehead atoms. The van der Waals surface area contributed by atoms with Gasteiger partial charge >= 0.3 is 5.97 Å². The van der Waals surface area contributed by atoms with Gasteiger partial charge < -0.3 is 15.6 Å². The van der Waals surface area contributed by atoms with Gasteiger partial charge in [-0.05, 0) is 17.7 Å². The van der Waals surface area contributed by atoms with Gasteiger partial charge in [0.2, 0.25) is 0 Å². The van der Waals surface area contributed by atoms with Crippen LogP contribution >= 0.6 is 0 Å². The van der Waals surface area contributed by atoms with E-state index in [4.69, 9.17) is 15.6 Å². The van der Waals surface area contributed by atoms with Crippen molar-refractivity contribution in [2.24, 2.45) is 5.73 Å². The number of methoxy groups -OCH3 is 1. The monoisotopic (exact) mass is 195 g/mol. The van der Waals surface area contributed by atoms with Crippen molar-refractivity contribution in [1.29, 1.82) is 0 Å². The lowest BCUT2D eigenvalue weighted by atomic mass is 10.1. The number of carboxylic acid groups (broad SMARTS) is 1. The first-order valence-electron chi connectivity index (χ1n) is 4.23. The Morgan fingerprint density at radius 2 is 2.36 bits per heavy atom. The standard InChI is InChI=1S/C10H13NO3/c1-14-6-9(11)7-3-2-4-8(5-7)10(12)13/h2-5,9H,6,11H2,1H3,(H,12,13). The van der Waals surface area contributed by atoms with Crippen LogP contribution in [0.2, 0.25) is 0 Å². The topological polar surface area (TPSA) is 72.5 Å². The summed E-state index contributed by atoms with van der Waals surface area (Å²) in [5.41, 5.74) is 6.77. The lowest BCUT2D eigenvalue weighted by Crippen LogP contribution is -2.16. The summed E-state index contributed by atoms with van der Waals surface area (Å²) in [4.78, 5) is 10.7. The number of hydrogen-bond acceptors (Lipinski definition) is 3. The van der Waals surface area contributed by atoms with Gasteiger partial charge in [0.05, 0.1) is 18.2 Å². The first-order valence-corrected chi connectivity index (χ1v) is 4.23. The van der Waals surface area contributed by atoms with E-state index < -0.39 is 5.97 Å². The van der Waals surface area contributed by atoms with E-state index in [0.717, 1.165) is 5.56 Å². The summed E-state index contributed by atoms with van der Waals surface area (Å²) >= 11 is 0. The van der Waals surface area contributed by atoms with E-state index >= 15 is 0 Å². The zero-order chi connectivity index (χ0) is 10.6. The normalized spacial score (nSPS) is 12.4. The van der Waals surface area contributed by atoms with Crippen molar-refractivity contribution in [2.75, 3.05) is 13.7 Å². The highest BCUT2D eigenvalue weighted by atomic mass is 16.5. The van der Waals surface area contributed by atoms with Crippen LogP contribution in [0.1, 0.15) is 22.0 Å². The summed E-state index contributed by atoms with van der Waals surface area (Å²) in [6.07, 6.45) is 0. The Balaban J connectivity index is 2.87. The number of ether oxygens (including phenoxy) is 1. The third-order valence-electron chi connectivity index (χ3n) is 1.91. The maximum absolute atomic E-state index is 10.7. The summed E-state index contributed by atoms with van der Waals surface area (Å²) in [6, 6.07) is 6.28. The molecular formula is C10H13NO3. The van der Waals surface area contributed by atoms with Gasteiger partial charge in [-0.1, -0.05) is 12.1 Å². The van der Waals surface area contributed by atoms with Gasteiger partial charge in [0.15, 0.2) is 0 Å². The van der Waals surface area contributed by atoms with Gasteiger partial charge in [0.25, 0.3) is 0 Å². The van der Waals surface area contributed by atoms with E-state index in [1.807, 2.05) is 0 Å². The maximum Gasteiger partial charge on any atom is 0.335 e. The number of rotatable bonds is 4. The summed E-state index contributed by atoms with van der Waals surface area (Å²) in [7, 11) is 1.56. The molecule has 4 nitrogen and oxygen atoms in total. The second-order valence-corrected chi connectivity index (χ2v) is 2.99. The van der Waals surface area contributed by atoms with E-state index in [1.165, 1.54) is 6.07 Å². The molecule has 1 atom stereocenters. The van der Waals surface area contributed by atoms with Crippen LogP contribution in [0.25, 0.3) is 0 Å². The summed E-state index contributed by atoms with van der Waals surface area (Å²) in [6.45, 7) is 0.378. The Hall–Kier alpha value is -1.39. The van der Waals surface area contributed by atoms with E-state index in [0.29, 0.717) is 6.61 Å². The van der Waals surface area contributed by atoms with E-state index in [-0.39, 0.29) is 11.6 Å². The number of nitrogens with two attached hydrogens (primary N) is 1. The molecule has 14 heavy (non-hydrogen) atoms. The Morgan fingerprint density at radius 3 is 2.93 bits per heavy atom. The van der Waals surface area contributed by atoms with E-state index in [9.17, 15) is 4.79 Å². The first kappa shape index (κ1) is 10.7. The van der Waals surface area contributed by atoms with Crippen molar-refractivity contribution in [2.45, 2.75) is 6.04 Å². The first-order chi connectivity index (χ1) is 6.65. The molecule has 1 aromatic carbocycles. The molecule has 0 aliphatic carbocycles. The Labute approximate surface area is 82.3 Å². The molecule has 76 valence electrons. The van der Waals surface area contributed by atoms with Crippen LogP contribution in [-0.2, 0) is 4.74 Å². The lowest BCUT2D eigenvalue weighted by molar-refractivity contribution is 0.0696. The number of benzene rings is 1. The maximum atomic E-state index is 10.7. The van der Waals surface area contributed by atoms with Crippen molar-refractivity contribution in [3.63, 3.8) is 0 Å². The van der Waals surface area contributed by atoms with Crippen LogP contribution in [0, 0.1) is 0 Å². The summed E-state index contributed by atoms with van der Waals surface area (Å²) < 4.78 is 4.89. The third-order valence-corrected chi connectivity index (χ3v) is 1.91. The van der Waals surface area contributed by atoms with Gasteiger partial charge in [-0.2, -0.15) is 0 Å². The van der Waals surface area contributed by atoms with Crippen LogP contribution < -0.4 is 5.73 Å². The lowest BCUT2D eigenvalue weighted by Gasteiger charge is -2.10. The second kappa shape index (κ2) is 4.74. The number of carbonyl (C=O) groups is 1.